The van der Waals surface area contributed by atoms with Crippen molar-refractivity contribution in [3.8, 4) is 6.07 Å². The normalized spacial score (nSPS) is 9.68. The number of hydrogen-bond acceptors (Lipinski definition) is 5. The molecule has 0 bridgehead atoms. The molecule has 0 aliphatic rings. The largest absolute Gasteiger partial charge is 0.340 e. The maximum Gasteiger partial charge on any atom is 0.305 e. The van der Waals surface area contributed by atoms with Gasteiger partial charge in [-0.3, -0.25) is 10.1 Å². The van der Waals surface area contributed by atoms with Gasteiger partial charge in [0.05, 0.1) is 4.92 Å². The number of nitro groups is 1. The third-order valence-corrected chi connectivity index (χ3v) is 2.51. The number of anilines is 2. The molecule has 6 nitrogen and oxygen atoms in total. The van der Waals surface area contributed by atoms with Gasteiger partial charge in [-0.25, -0.2) is 4.98 Å². The first-order chi connectivity index (χ1) is 9.10. The minimum Gasteiger partial charge on any atom is -0.340 e. The average molecular weight is 275 g/mol. The third kappa shape index (κ3) is 2.97. The summed E-state index contributed by atoms with van der Waals surface area (Å²) in [5, 5.41) is 23.0. The molecule has 0 radical (unpaired) electrons. The fraction of sp³-hybridized carbons (Fsp3) is 0. The van der Waals surface area contributed by atoms with Crippen LogP contribution in [0.2, 0.25) is 5.02 Å². The minimum absolute atomic E-state index is 0.239. The number of halogens is 1. The average Bonchev–Trinajstić information content (AvgIpc) is 2.38. The smallest absolute Gasteiger partial charge is 0.305 e. The molecule has 0 aliphatic heterocycles. The summed E-state index contributed by atoms with van der Waals surface area (Å²) in [7, 11) is 0. The van der Waals surface area contributed by atoms with Crippen LogP contribution in [0.15, 0.2) is 36.4 Å². The zero-order valence-corrected chi connectivity index (χ0v) is 10.3. The van der Waals surface area contributed by atoms with Crippen molar-refractivity contribution >= 4 is 28.8 Å². The molecule has 1 aromatic heterocycles. The zero-order valence-electron chi connectivity index (χ0n) is 9.50. The van der Waals surface area contributed by atoms with Gasteiger partial charge in [0.25, 0.3) is 0 Å². The van der Waals surface area contributed by atoms with Crippen LogP contribution in [0.1, 0.15) is 5.69 Å². The highest BCUT2D eigenvalue weighted by molar-refractivity contribution is 6.30. The predicted molar refractivity (Wildman–Crippen MR) is 70.3 cm³/mol. The van der Waals surface area contributed by atoms with E-state index in [0.717, 1.165) is 0 Å². The molecule has 0 aliphatic carbocycles. The Bertz CT molecular complexity index is 682. The van der Waals surface area contributed by atoms with Crippen molar-refractivity contribution in [1.82, 2.24) is 4.98 Å². The highest BCUT2D eigenvalue weighted by Gasteiger charge is 2.15. The quantitative estimate of drug-likeness (QED) is 0.685. The van der Waals surface area contributed by atoms with Gasteiger partial charge < -0.3 is 5.32 Å². The SMILES string of the molecule is N#Cc1nc(Nc2cccc(Cl)c2)ccc1[N+](=O)[O-]. The second-order valence-electron chi connectivity index (χ2n) is 3.57. The Hall–Kier alpha value is -2.65. The van der Waals surface area contributed by atoms with E-state index in [-0.39, 0.29) is 11.4 Å². The summed E-state index contributed by atoms with van der Waals surface area (Å²) in [4.78, 5) is 13.9. The maximum atomic E-state index is 10.7. The summed E-state index contributed by atoms with van der Waals surface area (Å²) >= 11 is 5.83. The van der Waals surface area contributed by atoms with E-state index in [1.165, 1.54) is 12.1 Å². The molecule has 0 fully saturated rings. The van der Waals surface area contributed by atoms with Gasteiger partial charge in [0.15, 0.2) is 0 Å². The standard InChI is InChI=1S/C12H7ClN4O2/c13-8-2-1-3-9(6-8)15-12-5-4-11(17(18)19)10(7-14)16-12/h1-6H,(H,15,16). The Balaban J connectivity index is 2.32. The van der Waals surface area contributed by atoms with E-state index < -0.39 is 4.92 Å². The summed E-state index contributed by atoms with van der Waals surface area (Å²) in [5.41, 5.74) is 0.119. The molecule has 0 spiro atoms. The van der Waals surface area contributed by atoms with Gasteiger partial charge in [-0.2, -0.15) is 5.26 Å². The van der Waals surface area contributed by atoms with Crippen molar-refractivity contribution in [1.29, 1.82) is 5.26 Å². The maximum absolute atomic E-state index is 10.7. The number of aromatic nitrogens is 1. The molecule has 94 valence electrons. The molecule has 0 unspecified atom stereocenters. The van der Waals surface area contributed by atoms with E-state index in [1.807, 2.05) is 0 Å². The Morgan fingerprint density at radius 1 is 1.37 bits per heavy atom. The van der Waals surface area contributed by atoms with E-state index in [2.05, 4.69) is 10.3 Å². The van der Waals surface area contributed by atoms with Crippen LogP contribution in [-0.2, 0) is 0 Å². The monoisotopic (exact) mass is 274 g/mol. The molecule has 7 heteroatoms. The van der Waals surface area contributed by atoms with Gasteiger partial charge in [-0.05, 0) is 24.3 Å². The molecule has 0 atom stereocenters. The first kappa shape index (κ1) is 12.8. The van der Waals surface area contributed by atoms with Crippen LogP contribution in [0.25, 0.3) is 0 Å². The summed E-state index contributed by atoms with van der Waals surface area (Å²) < 4.78 is 0. The van der Waals surface area contributed by atoms with E-state index in [9.17, 15) is 10.1 Å². The van der Waals surface area contributed by atoms with Crippen LogP contribution < -0.4 is 5.32 Å². The Labute approximate surface area is 113 Å². The highest BCUT2D eigenvalue weighted by atomic mass is 35.5. The first-order valence-electron chi connectivity index (χ1n) is 5.18. The first-order valence-corrected chi connectivity index (χ1v) is 5.56. The molecule has 1 aromatic carbocycles. The molecule has 1 N–H and O–H groups in total. The zero-order chi connectivity index (χ0) is 13.8. The Kier molecular flexibility index (Phi) is 3.59. The molecule has 0 amide bonds. The van der Waals surface area contributed by atoms with Gasteiger partial charge >= 0.3 is 5.69 Å². The molecule has 2 aromatic rings. The molecule has 1 heterocycles. The molecular formula is C12H7ClN4O2. The fourth-order valence-electron chi connectivity index (χ4n) is 1.47. The Morgan fingerprint density at radius 3 is 2.79 bits per heavy atom. The summed E-state index contributed by atoms with van der Waals surface area (Å²) in [6.07, 6.45) is 0. The number of hydrogen-bond donors (Lipinski definition) is 1. The number of nitriles is 1. The second kappa shape index (κ2) is 5.33. The third-order valence-electron chi connectivity index (χ3n) is 2.27. The van der Waals surface area contributed by atoms with Crippen LogP contribution in [0.4, 0.5) is 17.2 Å². The molecule has 19 heavy (non-hydrogen) atoms. The predicted octanol–water partition coefficient (Wildman–Crippen LogP) is 3.26. The van der Waals surface area contributed by atoms with Gasteiger partial charge in [-0.1, -0.05) is 17.7 Å². The van der Waals surface area contributed by atoms with Crippen molar-refractivity contribution in [3.63, 3.8) is 0 Å². The topological polar surface area (TPSA) is 91.8 Å². The fourth-order valence-corrected chi connectivity index (χ4v) is 1.66. The number of pyridine rings is 1. The van der Waals surface area contributed by atoms with Crippen molar-refractivity contribution in [2.45, 2.75) is 0 Å². The van der Waals surface area contributed by atoms with Crippen LogP contribution in [0.5, 0.6) is 0 Å². The van der Waals surface area contributed by atoms with Crippen LogP contribution in [0.3, 0.4) is 0 Å². The highest BCUT2D eigenvalue weighted by Crippen LogP contribution is 2.22. The van der Waals surface area contributed by atoms with Crippen LogP contribution in [0, 0.1) is 21.4 Å². The van der Waals surface area contributed by atoms with Crippen molar-refractivity contribution in [2.75, 3.05) is 5.32 Å². The number of rotatable bonds is 3. The lowest BCUT2D eigenvalue weighted by molar-refractivity contribution is -0.385. The van der Waals surface area contributed by atoms with Gasteiger partial charge in [0, 0.05) is 16.8 Å². The molecule has 0 saturated heterocycles. The number of nitrogens with one attached hydrogen (secondary N) is 1. The van der Waals surface area contributed by atoms with Gasteiger partial charge in [0.1, 0.15) is 11.9 Å². The Morgan fingerprint density at radius 2 is 2.16 bits per heavy atom. The summed E-state index contributed by atoms with van der Waals surface area (Å²) in [6, 6.07) is 11.3. The van der Waals surface area contributed by atoms with Crippen molar-refractivity contribution in [3.05, 3.63) is 57.2 Å². The molecule has 2 rings (SSSR count). The lowest BCUT2D eigenvalue weighted by atomic mass is 10.3. The lowest BCUT2D eigenvalue weighted by Gasteiger charge is -2.05. The lowest BCUT2D eigenvalue weighted by Crippen LogP contribution is -1.99. The van der Waals surface area contributed by atoms with E-state index in [0.29, 0.717) is 16.5 Å². The minimum atomic E-state index is -0.644. The van der Waals surface area contributed by atoms with E-state index >= 15 is 0 Å². The van der Waals surface area contributed by atoms with Crippen molar-refractivity contribution < 1.29 is 4.92 Å². The van der Waals surface area contributed by atoms with Crippen LogP contribution in [-0.4, -0.2) is 9.91 Å². The molecular weight excluding hydrogens is 268 g/mol. The summed E-state index contributed by atoms with van der Waals surface area (Å²) in [5.74, 6) is 0.337. The number of benzene rings is 1. The molecule has 0 saturated carbocycles. The van der Waals surface area contributed by atoms with E-state index in [1.54, 1.807) is 30.3 Å². The number of nitrogens with zero attached hydrogens (tertiary/aromatic N) is 3. The summed E-state index contributed by atoms with van der Waals surface area (Å²) in [6.45, 7) is 0. The van der Waals surface area contributed by atoms with E-state index in [4.69, 9.17) is 16.9 Å². The second-order valence-corrected chi connectivity index (χ2v) is 4.00. The van der Waals surface area contributed by atoms with Gasteiger partial charge in [0.2, 0.25) is 5.69 Å². The van der Waals surface area contributed by atoms with Crippen LogP contribution >= 0.6 is 11.6 Å². The van der Waals surface area contributed by atoms with Gasteiger partial charge in [-0.15, -0.1) is 0 Å². The van der Waals surface area contributed by atoms with Crippen molar-refractivity contribution in [2.24, 2.45) is 0 Å².